The predicted octanol–water partition coefficient (Wildman–Crippen LogP) is 6.35. The maximum Gasteiger partial charge on any atom is 0.322 e. The lowest BCUT2D eigenvalue weighted by Crippen LogP contribution is -2.45. The van der Waals surface area contributed by atoms with Gasteiger partial charge < -0.3 is 24.6 Å². The summed E-state index contributed by atoms with van der Waals surface area (Å²) in [7, 11) is 3.22. The standard InChI is InChI=1S/C28H34BrN3O4S/c1-5-14-32(28(34)30-23-9-7-22(29)8-10-23)19-27(33)31(18-26-20(2)13-16-37-26)15-12-21-6-11-24(35-3)25(17-21)36-4/h6-11,13,16-17H,5,12,14-15,18-19H2,1-4H3,(H,30,34). The van der Waals surface area contributed by atoms with Gasteiger partial charge in [0, 0.05) is 28.1 Å². The summed E-state index contributed by atoms with van der Waals surface area (Å²) in [5.74, 6) is 1.23. The van der Waals surface area contributed by atoms with Crippen LogP contribution in [0.3, 0.4) is 0 Å². The van der Waals surface area contributed by atoms with E-state index in [0.29, 0.717) is 43.2 Å². The zero-order valence-electron chi connectivity index (χ0n) is 21.8. The maximum atomic E-state index is 13.6. The Balaban J connectivity index is 1.74. The molecule has 7 nitrogen and oxygen atoms in total. The Labute approximate surface area is 231 Å². The summed E-state index contributed by atoms with van der Waals surface area (Å²) in [6.07, 6.45) is 1.39. The van der Waals surface area contributed by atoms with Crippen molar-refractivity contribution in [1.82, 2.24) is 9.80 Å². The van der Waals surface area contributed by atoms with E-state index in [4.69, 9.17) is 9.47 Å². The number of carbonyl (C=O) groups excluding carboxylic acids is 2. The molecule has 1 heterocycles. The van der Waals surface area contributed by atoms with Gasteiger partial charge in [-0.25, -0.2) is 4.79 Å². The van der Waals surface area contributed by atoms with Crippen molar-refractivity contribution in [3.63, 3.8) is 0 Å². The number of amides is 3. The first-order valence-electron chi connectivity index (χ1n) is 12.2. The lowest BCUT2D eigenvalue weighted by atomic mass is 10.1. The quantitative estimate of drug-likeness (QED) is 0.268. The zero-order valence-corrected chi connectivity index (χ0v) is 24.2. The van der Waals surface area contributed by atoms with Crippen LogP contribution >= 0.6 is 27.3 Å². The fourth-order valence-electron chi connectivity index (χ4n) is 3.85. The number of benzene rings is 2. The number of aryl methyl sites for hydroxylation is 1. The van der Waals surface area contributed by atoms with Gasteiger partial charge >= 0.3 is 6.03 Å². The molecular weight excluding hydrogens is 554 g/mol. The molecule has 0 bridgehead atoms. The molecule has 0 unspecified atom stereocenters. The summed E-state index contributed by atoms with van der Waals surface area (Å²) in [5, 5.41) is 4.94. The van der Waals surface area contributed by atoms with Gasteiger partial charge in [-0.05, 0) is 78.7 Å². The van der Waals surface area contributed by atoms with Crippen LogP contribution in [0.2, 0.25) is 0 Å². The summed E-state index contributed by atoms with van der Waals surface area (Å²) in [5.41, 5.74) is 2.88. The second-order valence-electron chi connectivity index (χ2n) is 8.64. The number of carbonyl (C=O) groups is 2. The van der Waals surface area contributed by atoms with Crippen LogP contribution < -0.4 is 14.8 Å². The molecule has 2 aromatic carbocycles. The van der Waals surface area contributed by atoms with Crippen molar-refractivity contribution in [2.45, 2.75) is 33.2 Å². The third-order valence-electron chi connectivity index (χ3n) is 5.98. The third kappa shape index (κ3) is 8.23. The van der Waals surface area contributed by atoms with Crippen LogP contribution in [0.25, 0.3) is 0 Å². The number of methoxy groups -OCH3 is 2. The minimum atomic E-state index is -0.287. The van der Waals surface area contributed by atoms with Gasteiger partial charge in [-0.1, -0.05) is 28.9 Å². The molecule has 0 spiro atoms. The monoisotopic (exact) mass is 587 g/mol. The highest BCUT2D eigenvalue weighted by atomic mass is 79.9. The molecule has 0 fully saturated rings. The van der Waals surface area contributed by atoms with Crippen molar-refractivity contribution in [2.24, 2.45) is 0 Å². The minimum Gasteiger partial charge on any atom is -0.493 e. The highest BCUT2D eigenvalue weighted by Gasteiger charge is 2.22. The average molecular weight is 589 g/mol. The number of nitrogens with zero attached hydrogens (tertiary/aromatic N) is 2. The van der Waals surface area contributed by atoms with Crippen molar-refractivity contribution in [3.8, 4) is 11.5 Å². The molecule has 0 aliphatic carbocycles. The normalized spacial score (nSPS) is 10.6. The van der Waals surface area contributed by atoms with Crippen molar-refractivity contribution >= 4 is 44.9 Å². The molecule has 3 amide bonds. The number of hydrogen-bond acceptors (Lipinski definition) is 5. The number of ether oxygens (including phenoxy) is 2. The first-order valence-corrected chi connectivity index (χ1v) is 13.8. The average Bonchev–Trinajstić information content (AvgIpc) is 3.31. The van der Waals surface area contributed by atoms with Gasteiger partial charge in [0.15, 0.2) is 11.5 Å². The summed E-state index contributed by atoms with van der Waals surface area (Å²) in [6, 6.07) is 14.9. The summed E-state index contributed by atoms with van der Waals surface area (Å²) < 4.78 is 11.7. The van der Waals surface area contributed by atoms with E-state index in [1.807, 2.05) is 59.7 Å². The highest BCUT2D eigenvalue weighted by Crippen LogP contribution is 2.28. The van der Waals surface area contributed by atoms with Crippen LogP contribution in [-0.2, 0) is 17.8 Å². The summed E-state index contributed by atoms with van der Waals surface area (Å²) >= 11 is 5.04. The molecule has 0 aliphatic rings. The van der Waals surface area contributed by atoms with Crippen molar-refractivity contribution in [3.05, 3.63) is 74.4 Å². The second-order valence-corrected chi connectivity index (χ2v) is 10.6. The largest absolute Gasteiger partial charge is 0.493 e. The van der Waals surface area contributed by atoms with Crippen molar-refractivity contribution < 1.29 is 19.1 Å². The molecule has 0 saturated heterocycles. The van der Waals surface area contributed by atoms with Crippen LogP contribution in [0, 0.1) is 6.92 Å². The van der Waals surface area contributed by atoms with E-state index in [1.54, 1.807) is 30.5 Å². The zero-order chi connectivity index (χ0) is 26.8. The van der Waals surface area contributed by atoms with Gasteiger partial charge in [0.05, 0.1) is 20.8 Å². The number of halogens is 1. The molecule has 37 heavy (non-hydrogen) atoms. The Morgan fingerprint density at radius 1 is 0.973 bits per heavy atom. The molecule has 3 rings (SSSR count). The predicted molar refractivity (Wildman–Crippen MR) is 153 cm³/mol. The molecule has 0 saturated carbocycles. The minimum absolute atomic E-state index is 0.00651. The highest BCUT2D eigenvalue weighted by molar-refractivity contribution is 9.10. The lowest BCUT2D eigenvalue weighted by molar-refractivity contribution is -0.132. The van der Waals surface area contributed by atoms with Gasteiger partial charge in [-0.15, -0.1) is 11.3 Å². The van der Waals surface area contributed by atoms with E-state index in [1.165, 1.54) is 0 Å². The van der Waals surface area contributed by atoms with Gasteiger partial charge in [0.1, 0.15) is 6.54 Å². The van der Waals surface area contributed by atoms with Gasteiger partial charge in [0.25, 0.3) is 0 Å². The van der Waals surface area contributed by atoms with Crippen LogP contribution in [0.5, 0.6) is 11.5 Å². The number of nitrogens with one attached hydrogen (secondary N) is 1. The number of hydrogen-bond donors (Lipinski definition) is 1. The number of urea groups is 1. The first kappa shape index (κ1) is 28.5. The fraction of sp³-hybridized carbons (Fsp3) is 0.357. The summed E-state index contributed by atoms with van der Waals surface area (Å²) in [6.45, 7) is 5.55. The van der Waals surface area contributed by atoms with Gasteiger partial charge in [-0.2, -0.15) is 0 Å². The molecule has 0 radical (unpaired) electrons. The first-order chi connectivity index (χ1) is 17.8. The van der Waals surface area contributed by atoms with Crippen molar-refractivity contribution in [1.29, 1.82) is 0 Å². The van der Waals surface area contributed by atoms with Crippen molar-refractivity contribution in [2.75, 3.05) is 39.2 Å². The third-order valence-corrected chi connectivity index (χ3v) is 7.51. The van der Waals surface area contributed by atoms with Gasteiger partial charge in [0.2, 0.25) is 5.91 Å². The molecule has 0 aliphatic heterocycles. The Morgan fingerprint density at radius 2 is 1.70 bits per heavy atom. The van der Waals surface area contributed by atoms with E-state index in [9.17, 15) is 9.59 Å². The Morgan fingerprint density at radius 3 is 2.32 bits per heavy atom. The Bertz CT molecular complexity index is 1180. The van der Waals surface area contributed by atoms with Crippen LogP contribution in [-0.4, -0.2) is 55.6 Å². The smallest absolute Gasteiger partial charge is 0.322 e. The maximum absolute atomic E-state index is 13.6. The number of anilines is 1. The molecule has 9 heteroatoms. The fourth-order valence-corrected chi connectivity index (χ4v) is 5.04. The van der Waals surface area contributed by atoms with E-state index in [0.717, 1.165) is 26.9 Å². The van der Waals surface area contributed by atoms with Gasteiger partial charge in [-0.3, -0.25) is 4.79 Å². The van der Waals surface area contributed by atoms with Crippen LogP contribution in [0.15, 0.2) is 58.4 Å². The molecule has 1 N–H and O–H groups in total. The molecule has 198 valence electrons. The summed E-state index contributed by atoms with van der Waals surface area (Å²) in [4.78, 5) is 31.2. The Hall–Kier alpha value is -3.04. The Kier molecular flexibility index (Phi) is 10.8. The van der Waals surface area contributed by atoms with E-state index < -0.39 is 0 Å². The van der Waals surface area contributed by atoms with Crippen LogP contribution in [0.4, 0.5) is 10.5 Å². The second kappa shape index (κ2) is 14.0. The number of rotatable bonds is 12. The molecular formula is C28H34BrN3O4S. The topological polar surface area (TPSA) is 71.1 Å². The molecule has 1 aromatic heterocycles. The van der Waals surface area contributed by atoms with E-state index in [2.05, 4.69) is 34.2 Å². The van der Waals surface area contributed by atoms with E-state index in [-0.39, 0.29) is 18.5 Å². The lowest BCUT2D eigenvalue weighted by Gasteiger charge is -2.28. The van der Waals surface area contributed by atoms with Crippen LogP contribution in [0.1, 0.15) is 29.3 Å². The molecule has 3 aromatic rings. The number of thiophene rings is 1. The molecule has 0 atom stereocenters. The van der Waals surface area contributed by atoms with E-state index >= 15 is 0 Å². The SMILES string of the molecule is CCCN(CC(=O)N(CCc1ccc(OC)c(OC)c1)Cc1sccc1C)C(=O)Nc1ccc(Br)cc1.